The molecule has 3 aromatic carbocycles. The minimum atomic E-state index is 0.834. The van der Waals surface area contributed by atoms with Gasteiger partial charge in [0.15, 0.2) is 0 Å². The molecule has 0 fully saturated rings. The summed E-state index contributed by atoms with van der Waals surface area (Å²) in [6.07, 6.45) is 9.65. The zero-order valence-electron chi connectivity index (χ0n) is 17.6. The number of benzene rings is 3. The summed E-state index contributed by atoms with van der Waals surface area (Å²) in [4.78, 5) is 2.23. The van der Waals surface area contributed by atoms with E-state index < -0.39 is 0 Å². The van der Waals surface area contributed by atoms with E-state index in [-0.39, 0.29) is 0 Å². The van der Waals surface area contributed by atoms with Crippen LogP contribution < -0.4 is 14.4 Å². The van der Waals surface area contributed by atoms with Crippen LogP contribution in [0.2, 0.25) is 0 Å². The Labute approximate surface area is 192 Å². The number of methoxy groups -OCH3 is 2. The Kier molecular flexibility index (Phi) is 6.58. The molecule has 31 heavy (non-hydrogen) atoms. The lowest BCUT2D eigenvalue weighted by Gasteiger charge is -2.26. The molecule has 0 N–H and O–H groups in total. The highest BCUT2D eigenvalue weighted by molar-refractivity contribution is 9.10. The molecule has 0 bridgehead atoms. The first kappa shape index (κ1) is 21.0. The topological polar surface area (TPSA) is 21.7 Å². The summed E-state index contributed by atoms with van der Waals surface area (Å²) in [6.45, 7) is 0. The Morgan fingerprint density at radius 2 is 1.26 bits per heavy atom. The number of allylic oxidation sites excluding steroid dienone is 5. The van der Waals surface area contributed by atoms with E-state index in [0.29, 0.717) is 0 Å². The zero-order valence-corrected chi connectivity index (χ0v) is 19.2. The number of halogens is 1. The van der Waals surface area contributed by atoms with Gasteiger partial charge in [0.1, 0.15) is 11.5 Å². The molecule has 3 aromatic rings. The second-order valence-corrected chi connectivity index (χ2v) is 8.04. The van der Waals surface area contributed by atoms with Crippen molar-refractivity contribution in [1.82, 2.24) is 0 Å². The van der Waals surface area contributed by atoms with Gasteiger partial charge in [-0.2, -0.15) is 0 Å². The molecule has 1 aliphatic rings. The van der Waals surface area contributed by atoms with Gasteiger partial charge in [-0.15, -0.1) is 0 Å². The number of hydrogen-bond donors (Lipinski definition) is 0. The molecule has 0 aromatic heterocycles. The van der Waals surface area contributed by atoms with Crippen molar-refractivity contribution >= 4 is 32.9 Å². The second-order valence-electron chi connectivity index (χ2n) is 7.13. The average molecular weight is 474 g/mol. The van der Waals surface area contributed by atoms with E-state index in [1.165, 1.54) is 11.1 Å². The molecular weight excluding hydrogens is 450 g/mol. The number of anilines is 2. The molecule has 3 nitrogen and oxygen atoms in total. The van der Waals surface area contributed by atoms with Crippen molar-refractivity contribution in [2.24, 2.45) is 0 Å². The van der Waals surface area contributed by atoms with E-state index in [0.717, 1.165) is 39.5 Å². The minimum Gasteiger partial charge on any atom is -0.497 e. The van der Waals surface area contributed by atoms with E-state index in [9.17, 15) is 0 Å². The summed E-state index contributed by atoms with van der Waals surface area (Å²) in [5.41, 5.74) is 5.71. The van der Waals surface area contributed by atoms with Crippen molar-refractivity contribution in [3.63, 3.8) is 0 Å². The highest BCUT2D eigenvalue weighted by Gasteiger charge is 2.15. The minimum absolute atomic E-state index is 0.834. The Balaban J connectivity index is 1.75. The van der Waals surface area contributed by atoms with Crippen molar-refractivity contribution < 1.29 is 9.47 Å². The van der Waals surface area contributed by atoms with Gasteiger partial charge in [0.2, 0.25) is 0 Å². The molecule has 0 spiro atoms. The third-order valence-electron chi connectivity index (χ3n) is 5.22. The molecule has 4 heteroatoms. The maximum Gasteiger partial charge on any atom is 0.119 e. The average Bonchev–Trinajstić information content (AvgIpc) is 3.07. The van der Waals surface area contributed by atoms with Crippen LogP contribution in [-0.2, 0) is 0 Å². The molecular formula is C27H24BrNO2. The summed E-state index contributed by atoms with van der Waals surface area (Å²) in [5, 5.41) is 0. The maximum atomic E-state index is 5.35. The van der Waals surface area contributed by atoms with Crippen molar-refractivity contribution in [2.75, 3.05) is 19.1 Å². The number of nitrogens with zero attached hydrogens (tertiary/aromatic N) is 1. The lowest BCUT2D eigenvalue weighted by atomic mass is 10.0. The van der Waals surface area contributed by atoms with E-state index >= 15 is 0 Å². The van der Waals surface area contributed by atoms with E-state index in [4.69, 9.17) is 9.47 Å². The van der Waals surface area contributed by atoms with Crippen LogP contribution in [0.5, 0.6) is 11.5 Å². The van der Waals surface area contributed by atoms with Gasteiger partial charge in [-0.1, -0.05) is 40.2 Å². The van der Waals surface area contributed by atoms with Crippen molar-refractivity contribution in [1.29, 1.82) is 0 Å². The molecule has 0 aliphatic heterocycles. The standard InChI is InChI=1S/C27H24BrNO2/c1-30-26-16-12-24(13-17-26)29(25-14-18-27(31-2)19-15-25)23-5-3-4-20(8-11-23)21-6-9-22(28)10-7-21/h3,5-19H,4H2,1-2H3. The van der Waals surface area contributed by atoms with Gasteiger partial charge >= 0.3 is 0 Å². The smallest absolute Gasteiger partial charge is 0.119 e. The predicted molar refractivity (Wildman–Crippen MR) is 132 cm³/mol. The van der Waals surface area contributed by atoms with Crippen LogP contribution >= 0.6 is 15.9 Å². The zero-order chi connectivity index (χ0) is 21.6. The fraction of sp³-hybridized carbons (Fsp3) is 0.111. The van der Waals surface area contributed by atoms with Crippen LogP contribution in [-0.4, -0.2) is 14.2 Å². The fourth-order valence-electron chi connectivity index (χ4n) is 3.55. The molecule has 0 saturated carbocycles. The van der Waals surface area contributed by atoms with Crippen LogP contribution in [0.15, 0.2) is 107 Å². The summed E-state index contributed by atoms with van der Waals surface area (Å²) < 4.78 is 11.8. The summed E-state index contributed by atoms with van der Waals surface area (Å²) >= 11 is 3.52. The van der Waals surface area contributed by atoms with Crippen LogP contribution in [0.4, 0.5) is 11.4 Å². The summed E-state index contributed by atoms with van der Waals surface area (Å²) in [5.74, 6) is 1.67. The Morgan fingerprint density at radius 3 is 1.77 bits per heavy atom. The highest BCUT2D eigenvalue weighted by Crippen LogP contribution is 2.34. The van der Waals surface area contributed by atoms with Gasteiger partial charge in [-0.25, -0.2) is 0 Å². The number of rotatable bonds is 6. The summed E-state index contributed by atoms with van der Waals surface area (Å²) in [6, 6.07) is 24.7. The molecule has 0 atom stereocenters. The second kappa shape index (κ2) is 9.71. The van der Waals surface area contributed by atoms with Crippen molar-refractivity contribution in [3.8, 4) is 11.5 Å². The largest absolute Gasteiger partial charge is 0.497 e. The van der Waals surface area contributed by atoms with E-state index in [1.807, 2.05) is 24.3 Å². The van der Waals surface area contributed by atoms with Gasteiger partial charge in [0.05, 0.1) is 14.2 Å². The van der Waals surface area contributed by atoms with E-state index in [1.54, 1.807) is 14.2 Å². The Bertz CT molecular complexity index is 1060. The van der Waals surface area contributed by atoms with Gasteiger partial charge in [-0.3, -0.25) is 0 Å². The predicted octanol–water partition coefficient (Wildman–Crippen LogP) is 7.53. The monoisotopic (exact) mass is 473 g/mol. The molecule has 0 amide bonds. The number of hydrogen-bond acceptors (Lipinski definition) is 3. The normalized spacial score (nSPS) is 13.1. The summed E-state index contributed by atoms with van der Waals surface area (Å²) in [7, 11) is 3.36. The maximum absolute atomic E-state index is 5.35. The van der Waals surface area contributed by atoms with Gasteiger partial charge in [-0.05, 0) is 90.4 Å². The molecule has 0 unspecified atom stereocenters. The van der Waals surface area contributed by atoms with Crippen LogP contribution in [0, 0.1) is 0 Å². The molecule has 156 valence electrons. The third-order valence-corrected chi connectivity index (χ3v) is 5.74. The van der Waals surface area contributed by atoms with Crippen LogP contribution in [0.1, 0.15) is 12.0 Å². The van der Waals surface area contributed by atoms with Gasteiger partial charge in [0.25, 0.3) is 0 Å². The lowest BCUT2D eigenvalue weighted by Crippen LogP contribution is -2.15. The lowest BCUT2D eigenvalue weighted by molar-refractivity contribution is 0.415. The Morgan fingerprint density at radius 1 is 0.710 bits per heavy atom. The highest BCUT2D eigenvalue weighted by atomic mass is 79.9. The first-order valence-electron chi connectivity index (χ1n) is 10.1. The quantitative estimate of drug-likeness (QED) is 0.369. The van der Waals surface area contributed by atoms with Gasteiger partial charge < -0.3 is 14.4 Å². The van der Waals surface area contributed by atoms with E-state index in [2.05, 4.69) is 93.7 Å². The van der Waals surface area contributed by atoms with Crippen molar-refractivity contribution in [3.05, 3.63) is 113 Å². The molecule has 4 rings (SSSR count). The number of ether oxygens (including phenoxy) is 2. The first-order chi connectivity index (χ1) is 15.2. The first-order valence-corrected chi connectivity index (χ1v) is 10.9. The third kappa shape index (κ3) is 4.92. The molecule has 0 radical (unpaired) electrons. The van der Waals surface area contributed by atoms with Crippen LogP contribution in [0.25, 0.3) is 5.57 Å². The van der Waals surface area contributed by atoms with Gasteiger partial charge in [0, 0.05) is 21.5 Å². The molecule has 0 saturated heterocycles. The SMILES string of the molecule is COc1ccc(N(C2=CC=C(c3ccc(Br)cc3)CC=C2)c2ccc(OC)cc2)cc1. The molecule has 1 aliphatic carbocycles. The van der Waals surface area contributed by atoms with Crippen LogP contribution in [0.3, 0.4) is 0 Å². The fourth-order valence-corrected chi connectivity index (χ4v) is 3.82. The molecule has 0 heterocycles. The Hall–Kier alpha value is -3.24. The van der Waals surface area contributed by atoms with Crippen molar-refractivity contribution in [2.45, 2.75) is 6.42 Å².